The molecule has 1 aromatic heterocycles. The van der Waals surface area contributed by atoms with Gasteiger partial charge in [0.15, 0.2) is 0 Å². The van der Waals surface area contributed by atoms with E-state index in [9.17, 15) is 0 Å². The summed E-state index contributed by atoms with van der Waals surface area (Å²) in [5.41, 5.74) is 11.4. The van der Waals surface area contributed by atoms with Crippen molar-refractivity contribution in [2.45, 2.75) is 11.7 Å². The number of hydrogen-bond acceptors (Lipinski definition) is 1. The second kappa shape index (κ2) is 11.2. The summed E-state index contributed by atoms with van der Waals surface area (Å²) in [5.74, 6) is 0. The highest BCUT2D eigenvalue weighted by molar-refractivity contribution is 8.08. The fourth-order valence-corrected chi connectivity index (χ4v) is 8.30. The lowest BCUT2D eigenvalue weighted by atomic mass is 9.97. The number of hydrogen-bond donors (Lipinski definition) is 0. The van der Waals surface area contributed by atoms with Crippen LogP contribution in [0, 0.1) is 0 Å². The summed E-state index contributed by atoms with van der Waals surface area (Å²) in [6.07, 6.45) is 3.46. The number of para-hydroxylation sites is 2. The molecule has 1 aliphatic heterocycles. The standard InChI is InChI=1S/C44H31NS/c1-2-11-36(12-3-1)45-41-16-7-6-14-39(41)40-29-35(25-26-42(40)45)30-17-21-33(22-18-30)43-27-28-44(46-43)34-23-19-32(20-24-34)38-15-8-10-31-9-4-5-13-37(31)38/h1-26,28-29,43H,27H2. The Morgan fingerprint density at radius 2 is 1.13 bits per heavy atom. The van der Waals surface area contributed by atoms with Crippen LogP contribution >= 0.6 is 11.8 Å². The van der Waals surface area contributed by atoms with Crippen molar-refractivity contribution in [1.82, 2.24) is 4.57 Å². The van der Waals surface area contributed by atoms with Crippen LogP contribution in [0.1, 0.15) is 22.8 Å². The van der Waals surface area contributed by atoms with E-state index in [4.69, 9.17) is 0 Å². The summed E-state index contributed by atoms with van der Waals surface area (Å²) in [7, 11) is 0. The molecule has 0 fully saturated rings. The van der Waals surface area contributed by atoms with E-state index in [1.165, 1.54) is 76.6 Å². The van der Waals surface area contributed by atoms with Crippen LogP contribution in [0.25, 0.3) is 65.4 Å². The van der Waals surface area contributed by atoms with Crippen LogP contribution < -0.4 is 0 Å². The molecule has 2 heterocycles. The average molecular weight is 606 g/mol. The molecule has 1 aliphatic rings. The predicted molar refractivity (Wildman–Crippen MR) is 199 cm³/mol. The van der Waals surface area contributed by atoms with Gasteiger partial charge < -0.3 is 4.57 Å². The Morgan fingerprint density at radius 3 is 1.98 bits per heavy atom. The Kier molecular flexibility index (Phi) is 6.61. The topological polar surface area (TPSA) is 4.93 Å². The first-order valence-electron chi connectivity index (χ1n) is 15.9. The lowest BCUT2D eigenvalue weighted by Crippen LogP contribution is -1.93. The van der Waals surface area contributed by atoms with Crippen molar-refractivity contribution in [3.63, 3.8) is 0 Å². The van der Waals surface area contributed by atoms with Crippen LogP contribution in [0.5, 0.6) is 0 Å². The zero-order valence-corrected chi connectivity index (χ0v) is 26.1. The van der Waals surface area contributed by atoms with Crippen molar-refractivity contribution in [3.05, 3.63) is 181 Å². The van der Waals surface area contributed by atoms with E-state index in [-0.39, 0.29) is 0 Å². The van der Waals surface area contributed by atoms with E-state index in [1.54, 1.807) is 0 Å². The van der Waals surface area contributed by atoms with Crippen molar-refractivity contribution in [2.75, 3.05) is 0 Å². The number of benzene rings is 7. The minimum atomic E-state index is 0.438. The van der Waals surface area contributed by atoms with Gasteiger partial charge in [-0.25, -0.2) is 0 Å². The molecule has 1 atom stereocenters. The van der Waals surface area contributed by atoms with E-state index < -0.39 is 0 Å². The molecular weight excluding hydrogens is 575 g/mol. The normalized spacial score (nSPS) is 14.7. The Morgan fingerprint density at radius 1 is 0.478 bits per heavy atom. The number of aromatic nitrogens is 1. The molecule has 46 heavy (non-hydrogen) atoms. The van der Waals surface area contributed by atoms with Crippen LogP contribution in [-0.2, 0) is 0 Å². The zero-order valence-electron chi connectivity index (χ0n) is 25.3. The summed E-state index contributed by atoms with van der Waals surface area (Å²) >= 11 is 1.99. The van der Waals surface area contributed by atoms with Gasteiger partial charge in [0.05, 0.1) is 11.0 Å². The zero-order chi connectivity index (χ0) is 30.5. The van der Waals surface area contributed by atoms with E-state index >= 15 is 0 Å². The summed E-state index contributed by atoms with van der Waals surface area (Å²) in [6.45, 7) is 0. The third-order valence-electron chi connectivity index (χ3n) is 9.36. The molecule has 0 saturated heterocycles. The second-order valence-corrected chi connectivity index (χ2v) is 13.3. The van der Waals surface area contributed by atoms with Gasteiger partial charge in [-0.2, -0.15) is 0 Å². The predicted octanol–water partition coefficient (Wildman–Crippen LogP) is 12.5. The quantitative estimate of drug-likeness (QED) is 0.189. The van der Waals surface area contributed by atoms with Gasteiger partial charge in [-0.15, -0.1) is 11.8 Å². The van der Waals surface area contributed by atoms with E-state index in [0.29, 0.717) is 5.25 Å². The Hall–Kier alpha value is -5.31. The SMILES string of the molecule is C1=C(c2ccc(-c3cccc4ccccc34)cc2)SC(c2ccc(-c3ccc4c(c3)c3ccccc3n4-c3ccccc3)cc2)C1. The minimum absolute atomic E-state index is 0.438. The van der Waals surface area contributed by atoms with Gasteiger partial charge >= 0.3 is 0 Å². The number of rotatable bonds is 5. The van der Waals surface area contributed by atoms with Gasteiger partial charge in [0.1, 0.15) is 0 Å². The molecule has 0 saturated carbocycles. The highest BCUT2D eigenvalue weighted by Gasteiger charge is 2.21. The summed E-state index contributed by atoms with van der Waals surface area (Å²) in [4.78, 5) is 1.37. The van der Waals surface area contributed by atoms with Crippen molar-refractivity contribution < 1.29 is 0 Å². The highest BCUT2D eigenvalue weighted by atomic mass is 32.2. The van der Waals surface area contributed by atoms with Gasteiger partial charge in [-0.05, 0) is 80.9 Å². The molecule has 0 radical (unpaired) electrons. The molecule has 0 spiro atoms. The fourth-order valence-electron chi connectivity index (χ4n) is 7.04. The van der Waals surface area contributed by atoms with Crippen LogP contribution in [0.3, 0.4) is 0 Å². The maximum Gasteiger partial charge on any atom is 0.0541 e. The van der Waals surface area contributed by atoms with E-state index in [0.717, 1.165) is 6.42 Å². The number of nitrogens with zero attached hydrogens (tertiary/aromatic N) is 1. The largest absolute Gasteiger partial charge is 0.309 e. The van der Waals surface area contributed by atoms with E-state index in [2.05, 4.69) is 174 Å². The number of allylic oxidation sites excluding steroid dienone is 1. The van der Waals surface area contributed by atoms with Crippen molar-refractivity contribution in [1.29, 1.82) is 0 Å². The third kappa shape index (κ3) is 4.65. The van der Waals surface area contributed by atoms with Gasteiger partial charge in [0.25, 0.3) is 0 Å². The molecule has 2 heteroatoms. The molecule has 0 amide bonds. The smallest absolute Gasteiger partial charge is 0.0541 e. The molecule has 0 N–H and O–H groups in total. The Balaban J connectivity index is 0.954. The number of fused-ring (bicyclic) bond motifs is 4. The second-order valence-electron chi connectivity index (χ2n) is 12.1. The summed E-state index contributed by atoms with van der Waals surface area (Å²) in [5, 5.41) is 5.59. The Labute approximate surface area is 273 Å². The van der Waals surface area contributed by atoms with Crippen molar-refractivity contribution in [3.8, 4) is 27.9 Å². The van der Waals surface area contributed by atoms with E-state index in [1.807, 2.05) is 11.8 Å². The first-order valence-corrected chi connectivity index (χ1v) is 16.8. The maximum absolute atomic E-state index is 2.41. The van der Waals surface area contributed by atoms with Crippen LogP contribution in [0.2, 0.25) is 0 Å². The number of thioether (sulfide) groups is 1. The molecule has 218 valence electrons. The van der Waals surface area contributed by atoms with Crippen molar-refractivity contribution >= 4 is 49.2 Å². The monoisotopic (exact) mass is 605 g/mol. The van der Waals surface area contributed by atoms with Crippen LogP contribution in [-0.4, -0.2) is 4.57 Å². The molecule has 1 unspecified atom stereocenters. The molecule has 9 rings (SSSR count). The third-order valence-corrected chi connectivity index (χ3v) is 10.8. The minimum Gasteiger partial charge on any atom is -0.309 e. The average Bonchev–Trinajstić information content (AvgIpc) is 3.75. The molecule has 1 nitrogen and oxygen atoms in total. The highest BCUT2D eigenvalue weighted by Crippen LogP contribution is 2.48. The van der Waals surface area contributed by atoms with Crippen LogP contribution in [0.15, 0.2) is 170 Å². The van der Waals surface area contributed by atoms with Crippen LogP contribution in [0.4, 0.5) is 0 Å². The van der Waals surface area contributed by atoms with Gasteiger partial charge in [-0.3, -0.25) is 0 Å². The first-order chi connectivity index (χ1) is 22.8. The maximum atomic E-state index is 2.41. The molecule has 8 aromatic rings. The summed E-state index contributed by atoms with van der Waals surface area (Å²) < 4.78 is 2.37. The van der Waals surface area contributed by atoms with Crippen molar-refractivity contribution in [2.24, 2.45) is 0 Å². The lowest BCUT2D eigenvalue weighted by molar-refractivity contribution is 0.991. The molecule has 0 aliphatic carbocycles. The molecular formula is C44H31NS. The molecule has 0 bridgehead atoms. The first kappa shape index (κ1) is 27.0. The Bertz CT molecular complexity index is 2390. The lowest BCUT2D eigenvalue weighted by Gasteiger charge is -2.13. The fraction of sp³-hybridized carbons (Fsp3) is 0.0455. The van der Waals surface area contributed by atoms with Gasteiger partial charge in [0, 0.05) is 26.6 Å². The molecule has 7 aromatic carbocycles. The van der Waals surface area contributed by atoms with Gasteiger partial charge in [0.2, 0.25) is 0 Å². The van der Waals surface area contributed by atoms with Gasteiger partial charge in [-0.1, -0.05) is 140 Å². The summed E-state index contributed by atoms with van der Waals surface area (Å²) in [6, 6.07) is 59.8.